The summed E-state index contributed by atoms with van der Waals surface area (Å²) < 4.78 is 1.43. The molecule has 2 aromatic heterocycles. The molecule has 0 saturated heterocycles. The zero-order valence-electron chi connectivity index (χ0n) is 13.2. The van der Waals surface area contributed by atoms with E-state index in [1.807, 2.05) is 18.2 Å². The van der Waals surface area contributed by atoms with Crippen LogP contribution in [0.5, 0.6) is 0 Å². The highest BCUT2D eigenvalue weighted by atomic mass is 35.5. The number of nitrogen functional groups attached to an aromatic ring is 1. The number of carbonyl (C=O) groups excluding carboxylic acids is 1. The van der Waals surface area contributed by atoms with E-state index >= 15 is 0 Å². The predicted octanol–water partition coefficient (Wildman–Crippen LogP) is 3.13. The standard InChI is InChI=1S/C18H11ClN4O2S/c19-14-4-2-1-3-12(14)17-22-23-15(20)13(16(25)21-18(23)26-17)9-10-5-7-11(24)8-6-10/h1-9H,20H2. The molecule has 26 heavy (non-hydrogen) atoms. The molecule has 1 aliphatic carbocycles. The first-order valence-corrected chi connectivity index (χ1v) is 8.78. The van der Waals surface area contributed by atoms with E-state index < -0.39 is 5.56 Å². The van der Waals surface area contributed by atoms with E-state index in [2.05, 4.69) is 10.1 Å². The van der Waals surface area contributed by atoms with Crippen molar-refractivity contribution in [1.29, 1.82) is 0 Å². The van der Waals surface area contributed by atoms with Crippen molar-refractivity contribution in [3.8, 4) is 10.6 Å². The monoisotopic (exact) mass is 382 g/mol. The van der Waals surface area contributed by atoms with E-state index in [0.717, 1.165) is 5.56 Å². The molecule has 4 rings (SSSR count). The first kappa shape index (κ1) is 16.4. The number of ketones is 1. The summed E-state index contributed by atoms with van der Waals surface area (Å²) in [5, 5.41) is 5.62. The molecule has 3 aromatic rings. The number of rotatable bonds is 2. The fourth-order valence-corrected chi connectivity index (χ4v) is 3.71. The second-order valence-electron chi connectivity index (χ2n) is 5.51. The smallest absolute Gasteiger partial charge is 0.283 e. The average molecular weight is 383 g/mol. The lowest BCUT2D eigenvalue weighted by Crippen LogP contribution is -2.16. The fraction of sp³-hybridized carbons (Fsp3) is 0. The van der Waals surface area contributed by atoms with Crippen molar-refractivity contribution in [2.45, 2.75) is 0 Å². The Hall–Kier alpha value is -3.03. The van der Waals surface area contributed by atoms with Gasteiger partial charge in [0, 0.05) is 5.56 Å². The lowest BCUT2D eigenvalue weighted by Gasteiger charge is -2.03. The lowest BCUT2D eigenvalue weighted by molar-refractivity contribution is -0.110. The summed E-state index contributed by atoms with van der Waals surface area (Å²) >= 11 is 7.45. The first-order chi connectivity index (χ1) is 12.5. The maximum absolute atomic E-state index is 12.4. The van der Waals surface area contributed by atoms with Crippen LogP contribution >= 0.6 is 22.9 Å². The maximum atomic E-state index is 12.4. The Morgan fingerprint density at radius 2 is 1.85 bits per heavy atom. The molecule has 0 saturated carbocycles. The minimum absolute atomic E-state index is 0.107. The molecule has 0 unspecified atom stereocenters. The van der Waals surface area contributed by atoms with Crippen molar-refractivity contribution >= 4 is 45.6 Å². The number of nitrogens with two attached hydrogens (primary N) is 1. The second-order valence-corrected chi connectivity index (χ2v) is 6.87. The van der Waals surface area contributed by atoms with E-state index in [9.17, 15) is 9.59 Å². The third kappa shape index (κ3) is 2.87. The van der Waals surface area contributed by atoms with Crippen molar-refractivity contribution in [3.63, 3.8) is 0 Å². The molecule has 0 amide bonds. The molecule has 2 N–H and O–H groups in total. The van der Waals surface area contributed by atoms with Crippen LogP contribution in [0.1, 0.15) is 5.56 Å². The van der Waals surface area contributed by atoms with Crippen LogP contribution in [0.4, 0.5) is 5.82 Å². The highest BCUT2D eigenvalue weighted by molar-refractivity contribution is 7.19. The van der Waals surface area contributed by atoms with Gasteiger partial charge >= 0.3 is 0 Å². The SMILES string of the molecule is Nc1c(C=C2C=CC(=O)C=C2)c(=O)nc2sc(-c3ccccc3Cl)nn12. The van der Waals surface area contributed by atoms with Crippen LogP contribution in [-0.2, 0) is 4.79 Å². The summed E-state index contributed by atoms with van der Waals surface area (Å²) in [5.41, 5.74) is 7.35. The van der Waals surface area contributed by atoms with Crippen molar-refractivity contribution in [3.05, 3.63) is 75.1 Å². The molecule has 2 heterocycles. The van der Waals surface area contributed by atoms with Gasteiger partial charge in [0.05, 0.1) is 10.6 Å². The Labute approximate surface area is 156 Å². The van der Waals surface area contributed by atoms with Crippen LogP contribution in [0.25, 0.3) is 21.6 Å². The third-order valence-electron chi connectivity index (χ3n) is 3.79. The van der Waals surface area contributed by atoms with E-state index in [1.54, 1.807) is 24.3 Å². The minimum Gasteiger partial charge on any atom is -0.383 e. The van der Waals surface area contributed by atoms with Crippen molar-refractivity contribution in [2.24, 2.45) is 0 Å². The Morgan fingerprint density at radius 3 is 2.58 bits per heavy atom. The number of carbonyl (C=O) groups is 1. The number of hydrogen-bond acceptors (Lipinski definition) is 6. The highest BCUT2D eigenvalue weighted by Crippen LogP contribution is 2.31. The van der Waals surface area contributed by atoms with Crippen molar-refractivity contribution in [2.75, 3.05) is 5.73 Å². The summed E-state index contributed by atoms with van der Waals surface area (Å²) in [6, 6.07) is 7.29. The number of anilines is 1. The Kier molecular flexibility index (Phi) is 4.02. The van der Waals surface area contributed by atoms with Gasteiger partial charge in [-0.25, -0.2) is 0 Å². The summed E-state index contributed by atoms with van der Waals surface area (Å²) in [7, 11) is 0. The number of fused-ring (bicyclic) bond motifs is 1. The summed E-state index contributed by atoms with van der Waals surface area (Å²) in [5.74, 6) is 0.0741. The molecule has 0 fully saturated rings. The topological polar surface area (TPSA) is 90.4 Å². The molecule has 0 aliphatic heterocycles. The number of hydrogen-bond donors (Lipinski definition) is 1. The zero-order chi connectivity index (χ0) is 18.3. The molecule has 0 radical (unpaired) electrons. The fourth-order valence-electron chi connectivity index (χ4n) is 2.49. The van der Waals surface area contributed by atoms with Crippen LogP contribution < -0.4 is 11.3 Å². The minimum atomic E-state index is -0.456. The lowest BCUT2D eigenvalue weighted by atomic mass is 10.1. The van der Waals surface area contributed by atoms with E-state index in [0.29, 0.717) is 20.6 Å². The largest absolute Gasteiger partial charge is 0.383 e. The Balaban J connectivity index is 1.87. The molecule has 6 nitrogen and oxygen atoms in total. The number of nitrogens with zero attached hydrogens (tertiary/aromatic N) is 3. The molecule has 8 heteroatoms. The third-order valence-corrected chi connectivity index (χ3v) is 5.06. The summed E-state index contributed by atoms with van der Waals surface area (Å²) in [4.78, 5) is 28.1. The number of allylic oxidation sites excluding steroid dienone is 5. The quantitative estimate of drug-likeness (QED) is 0.735. The van der Waals surface area contributed by atoms with E-state index in [4.69, 9.17) is 17.3 Å². The van der Waals surface area contributed by atoms with Gasteiger partial charge in [-0.2, -0.15) is 14.6 Å². The molecule has 0 bridgehead atoms. The molecule has 0 atom stereocenters. The maximum Gasteiger partial charge on any atom is 0.283 e. The Morgan fingerprint density at radius 1 is 1.12 bits per heavy atom. The molecule has 128 valence electrons. The van der Waals surface area contributed by atoms with Crippen molar-refractivity contribution in [1.82, 2.24) is 14.6 Å². The summed E-state index contributed by atoms with van der Waals surface area (Å²) in [6.45, 7) is 0. The predicted molar refractivity (Wildman–Crippen MR) is 103 cm³/mol. The van der Waals surface area contributed by atoms with Crippen LogP contribution in [-0.4, -0.2) is 20.4 Å². The van der Waals surface area contributed by atoms with Gasteiger partial charge in [0.2, 0.25) is 4.96 Å². The Bertz CT molecular complexity index is 1190. The molecule has 1 aliphatic rings. The van der Waals surface area contributed by atoms with Crippen LogP contribution in [0.2, 0.25) is 5.02 Å². The summed E-state index contributed by atoms with van der Waals surface area (Å²) in [6.07, 6.45) is 7.66. The number of benzene rings is 1. The highest BCUT2D eigenvalue weighted by Gasteiger charge is 2.16. The van der Waals surface area contributed by atoms with Gasteiger partial charge < -0.3 is 5.73 Å². The molecule has 1 aromatic carbocycles. The molecular formula is C18H11ClN4O2S. The number of halogens is 1. The first-order valence-electron chi connectivity index (χ1n) is 7.59. The average Bonchev–Trinajstić information content (AvgIpc) is 3.04. The van der Waals surface area contributed by atoms with Gasteiger partial charge in [0.1, 0.15) is 10.8 Å². The van der Waals surface area contributed by atoms with Crippen molar-refractivity contribution < 1.29 is 4.79 Å². The second kappa shape index (κ2) is 6.36. The van der Waals surface area contributed by atoms with E-state index in [-0.39, 0.29) is 17.2 Å². The van der Waals surface area contributed by atoms with Gasteiger partial charge in [-0.05, 0) is 29.9 Å². The van der Waals surface area contributed by atoms with Crippen LogP contribution in [0, 0.1) is 0 Å². The molecule has 0 spiro atoms. The zero-order valence-corrected chi connectivity index (χ0v) is 14.8. The number of aromatic nitrogens is 3. The van der Waals surface area contributed by atoms with Gasteiger partial charge in [-0.15, -0.1) is 0 Å². The van der Waals surface area contributed by atoms with E-state index in [1.165, 1.54) is 28.0 Å². The van der Waals surface area contributed by atoms with Gasteiger partial charge in [0.15, 0.2) is 5.78 Å². The molecular weight excluding hydrogens is 372 g/mol. The van der Waals surface area contributed by atoms with Crippen LogP contribution in [0.15, 0.2) is 58.9 Å². The normalized spacial score (nSPS) is 13.6. The van der Waals surface area contributed by atoms with Gasteiger partial charge in [-0.3, -0.25) is 9.59 Å². The van der Waals surface area contributed by atoms with Gasteiger partial charge in [-0.1, -0.05) is 53.3 Å². The van der Waals surface area contributed by atoms with Gasteiger partial charge in [0.25, 0.3) is 5.56 Å². The van der Waals surface area contributed by atoms with Crippen LogP contribution in [0.3, 0.4) is 0 Å².